The quantitative estimate of drug-likeness (QED) is 0.875. The molecule has 0 aliphatic heterocycles. The molecule has 0 bridgehead atoms. The summed E-state index contributed by atoms with van der Waals surface area (Å²) in [5.41, 5.74) is 0.908. The van der Waals surface area contributed by atoms with Crippen molar-refractivity contribution in [1.29, 1.82) is 0 Å². The first-order valence-electron chi connectivity index (χ1n) is 5.60. The second kappa shape index (κ2) is 4.93. The van der Waals surface area contributed by atoms with Crippen LogP contribution < -0.4 is 0 Å². The molecule has 0 atom stereocenters. The number of oxazole rings is 1. The number of hydrogen-bond acceptors (Lipinski definition) is 4. The number of hydrogen-bond donors (Lipinski definition) is 2. The van der Waals surface area contributed by atoms with E-state index in [0.717, 1.165) is 5.56 Å². The number of rotatable bonds is 4. The summed E-state index contributed by atoms with van der Waals surface area (Å²) < 4.78 is 5.07. The van der Waals surface area contributed by atoms with Gasteiger partial charge in [0.15, 0.2) is 0 Å². The highest BCUT2D eigenvalue weighted by molar-refractivity contribution is 5.98. The van der Waals surface area contributed by atoms with Crippen molar-refractivity contribution in [2.24, 2.45) is 0 Å². The van der Waals surface area contributed by atoms with Crippen LogP contribution in [0.25, 0.3) is 11.5 Å². The first kappa shape index (κ1) is 12.8. The Bertz CT molecular complexity index is 613. The largest absolute Gasteiger partial charge is 0.476 e. The van der Waals surface area contributed by atoms with Crippen LogP contribution in [0, 0.1) is 0 Å². The zero-order valence-electron chi connectivity index (χ0n) is 10.1. The maximum atomic E-state index is 10.9. The van der Waals surface area contributed by atoms with Crippen LogP contribution in [0.3, 0.4) is 0 Å². The van der Waals surface area contributed by atoms with Crippen molar-refractivity contribution in [3.05, 3.63) is 41.3 Å². The smallest absolute Gasteiger partial charge is 0.374 e. The lowest BCUT2D eigenvalue weighted by Gasteiger charge is -2.02. The van der Waals surface area contributed by atoms with Gasteiger partial charge in [-0.3, -0.25) is 0 Å². The average Bonchev–Trinajstić information content (AvgIpc) is 2.84. The highest BCUT2D eigenvalue weighted by atomic mass is 16.4. The van der Waals surface area contributed by atoms with E-state index in [4.69, 9.17) is 14.6 Å². The molecule has 0 fully saturated rings. The van der Waals surface area contributed by atoms with Crippen LogP contribution in [0.2, 0.25) is 0 Å². The van der Waals surface area contributed by atoms with Gasteiger partial charge < -0.3 is 14.6 Å². The molecule has 98 valence electrons. The van der Waals surface area contributed by atoms with Crippen molar-refractivity contribution >= 4 is 11.9 Å². The zero-order chi connectivity index (χ0) is 14.0. The van der Waals surface area contributed by atoms with E-state index in [9.17, 15) is 9.59 Å². The topological polar surface area (TPSA) is 101 Å². The van der Waals surface area contributed by atoms with E-state index in [2.05, 4.69) is 4.98 Å². The number of carboxylic acids is 2. The van der Waals surface area contributed by atoms with Gasteiger partial charge in [0, 0.05) is 5.56 Å². The molecule has 0 radical (unpaired) electrons. The Morgan fingerprint density at radius 3 is 2.42 bits per heavy atom. The third-order valence-corrected chi connectivity index (χ3v) is 2.65. The molecule has 2 rings (SSSR count). The molecule has 19 heavy (non-hydrogen) atoms. The van der Waals surface area contributed by atoms with E-state index in [1.54, 1.807) is 12.1 Å². The minimum atomic E-state index is -1.45. The zero-order valence-corrected chi connectivity index (χ0v) is 10.1. The van der Waals surface area contributed by atoms with Gasteiger partial charge in [-0.25, -0.2) is 14.6 Å². The van der Waals surface area contributed by atoms with Gasteiger partial charge in [-0.2, -0.15) is 0 Å². The Hall–Kier alpha value is -2.63. The van der Waals surface area contributed by atoms with Crippen LogP contribution >= 0.6 is 0 Å². The Labute approximate surface area is 108 Å². The molecule has 0 unspecified atom stereocenters. The second-order valence-electron chi connectivity index (χ2n) is 3.82. The first-order valence-corrected chi connectivity index (χ1v) is 5.60. The molecule has 1 heterocycles. The summed E-state index contributed by atoms with van der Waals surface area (Å²) in [4.78, 5) is 25.6. The molecule has 0 spiro atoms. The van der Waals surface area contributed by atoms with E-state index in [1.807, 2.05) is 19.1 Å². The van der Waals surface area contributed by atoms with Gasteiger partial charge in [0.2, 0.25) is 17.3 Å². The molecule has 1 aromatic heterocycles. The van der Waals surface area contributed by atoms with Crippen molar-refractivity contribution in [2.75, 3.05) is 0 Å². The maximum Gasteiger partial charge on any atom is 0.374 e. The van der Waals surface area contributed by atoms with Gasteiger partial charge in [-0.1, -0.05) is 25.1 Å². The van der Waals surface area contributed by atoms with E-state index >= 15 is 0 Å². The van der Waals surface area contributed by atoms with Crippen molar-refractivity contribution in [2.45, 2.75) is 13.3 Å². The maximum absolute atomic E-state index is 10.9. The summed E-state index contributed by atoms with van der Waals surface area (Å²) in [6.45, 7) is 1.93. The van der Waals surface area contributed by atoms with E-state index in [-0.39, 0.29) is 5.89 Å². The van der Waals surface area contributed by atoms with Crippen LogP contribution in [0.4, 0.5) is 0 Å². The molecular weight excluding hydrogens is 250 g/mol. The number of nitrogens with zero attached hydrogens (tertiary/aromatic N) is 1. The van der Waals surface area contributed by atoms with Crippen LogP contribution in [-0.2, 0) is 6.42 Å². The molecular formula is C13H11NO5. The Morgan fingerprint density at radius 2 is 1.89 bits per heavy atom. The predicted octanol–water partition coefficient (Wildman–Crippen LogP) is 2.30. The highest BCUT2D eigenvalue weighted by Crippen LogP contribution is 2.26. The van der Waals surface area contributed by atoms with Gasteiger partial charge >= 0.3 is 11.9 Å². The first-order chi connectivity index (χ1) is 9.04. The van der Waals surface area contributed by atoms with Crippen LogP contribution in [0.5, 0.6) is 0 Å². The molecule has 0 aliphatic rings. The lowest BCUT2D eigenvalue weighted by molar-refractivity contribution is 0.0624. The molecule has 2 N–H and O–H groups in total. The third-order valence-electron chi connectivity index (χ3n) is 2.65. The summed E-state index contributed by atoms with van der Waals surface area (Å²) in [6, 6.07) is 7.14. The molecule has 6 nitrogen and oxygen atoms in total. The lowest BCUT2D eigenvalue weighted by Crippen LogP contribution is -2.05. The molecule has 2 aromatic rings. The van der Waals surface area contributed by atoms with Gasteiger partial charge in [0.05, 0.1) is 0 Å². The predicted molar refractivity (Wildman–Crippen MR) is 65.2 cm³/mol. The van der Waals surface area contributed by atoms with Crippen LogP contribution in [-0.4, -0.2) is 27.1 Å². The summed E-state index contributed by atoms with van der Waals surface area (Å²) in [7, 11) is 0. The van der Waals surface area contributed by atoms with Crippen molar-refractivity contribution in [3.8, 4) is 11.5 Å². The summed E-state index contributed by atoms with van der Waals surface area (Å²) in [5, 5.41) is 17.8. The minimum absolute atomic E-state index is 0.00671. The second-order valence-corrected chi connectivity index (χ2v) is 3.82. The molecule has 1 aromatic carbocycles. The van der Waals surface area contributed by atoms with Gasteiger partial charge in [-0.15, -0.1) is 0 Å². The number of benzene rings is 1. The van der Waals surface area contributed by atoms with Crippen molar-refractivity contribution in [3.63, 3.8) is 0 Å². The standard InChI is InChI=1S/C13H11NO5/c1-2-7-5-3-4-6-8(7)11-14-9(12(15)16)10(19-11)13(17)18/h3-6H,2H2,1H3,(H,15,16)(H,17,18). The normalized spacial score (nSPS) is 10.4. The monoisotopic (exact) mass is 261 g/mol. The fraction of sp³-hybridized carbons (Fsp3) is 0.154. The Morgan fingerprint density at radius 1 is 1.21 bits per heavy atom. The lowest BCUT2D eigenvalue weighted by atomic mass is 10.1. The fourth-order valence-corrected chi connectivity index (χ4v) is 1.76. The minimum Gasteiger partial charge on any atom is -0.476 e. The number of carbonyl (C=O) groups is 2. The highest BCUT2D eigenvalue weighted by Gasteiger charge is 2.25. The fourth-order valence-electron chi connectivity index (χ4n) is 1.76. The Balaban J connectivity index is 2.61. The summed E-state index contributed by atoms with van der Waals surface area (Å²) in [6.07, 6.45) is 0.698. The molecule has 0 saturated heterocycles. The van der Waals surface area contributed by atoms with Gasteiger partial charge in [0.1, 0.15) is 0 Å². The number of carboxylic acid groups (broad SMARTS) is 2. The molecule has 6 heteroatoms. The van der Waals surface area contributed by atoms with Crippen LogP contribution in [0.1, 0.15) is 33.5 Å². The third kappa shape index (κ3) is 2.33. The van der Waals surface area contributed by atoms with E-state index in [1.165, 1.54) is 0 Å². The number of aromatic carboxylic acids is 2. The van der Waals surface area contributed by atoms with Gasteiger partial charge in [0.25, 0.3) is 0 Å². The van der Waals surface area contributed by atoms with Gasteiger partial charge in [-0.05, 0) is 18.1 Å². The summed E-state index contributed by atoms with van der Waals surface area (Å²) >= 11 is 0. The van der Waals surface area contributed by atoms with Crippen molar-refractivity contribution in [1.82, 2.24) is 4.98 Å². The molecule has 0 saturated carbocycles. The van der Waals surface area contributed by atoms with Crippen LogP contribution in [0.15, 0.2) is 28.7 Å². The molecule has 0 amide bonds. The number of aromatic nitrogens is 1. The van der Waals surface area contributed by atoms with E-state index < -0.39 is 23.4 Å². The van der Waals surface area contributed by atoms with Crippen molar-refractivity contribution < 1.29 is 24.2 Å². The number of aryl methyl sites for hydroxylation is 1. The summed E-state index contributed by atoms with van der Waals surface area (Å²) in [5.74, 6) is -3.54. The average molecular weight is 261 g/mol. The SMILES string of the molecule is CCc1ccccc1-c1nc(C(=O)O)c(C(=O)O)o1. The Kier molecular flexibility index (Phi) is 3.33. The van der Waals surface area contributed by atoms with E-state index in [0.29, 0.717) is 12.0 Å². The molecule has 0 aliphatic carbocycles.